The van der Waals surface area contributed by atoms with Crippen LogP contribution in [0.25, 0.3) is 0 Å². The molecule has 1 aliphatic rings. The van der Waals surface area contributed by atoms with Gasteiger partial charge in [-0.15, -0.1) is 10.2 Å². The molecule has 1 saturated heterocycles. The van der Waals surface area contributed by atoms with Gasteiger partial charge in [-0.1, -0.05) is 11.8 Å². The third-order valence-electron chi connectivity index (χ3n) is 4.54. The maximum absolute atomic E-state index is 4.67. The topological polar surface area (TPSA) is 59.7 Å². The van der Waals surface area contributed by atoms with E-state index in [9.17, 15) is 0 Å². The summed E-state index contributed by atoms with van der Waals surface area (Å²) in [6.07, 6.45) is 7.21. The lowest BCUT2D eigenvalue weighted by Gasteiger charge is -2.33. The van der Waals surface area contributed by atoms with Crippen molar-refractivity contribution in [3.8, 4) is 0 Å². The molecule has 6 nitrogen and oxygen atoms in total. The van der Waals surface area contributed by atoms with Crippen molar-refractivity contribution in [2.45, 2.75) is 38.3 Å². The standard InChI is InChI=1S/C16H24N6S/c1-11-10-17-12(2)15(18-11)22-7-5-13(6-8-22)9-14-19-20-16(23-4)21(14)3/h10,13H,5-9H2,1-4H3. The third-order valence-corrected chi connectivity index (χ3v) is 5.26. The molecule has 1 aliphatic heterocycles. The largest absolute Gasteiger partial charge is 0.355 e. The van der Waals surface area contributed by atoms with Crippen LogP contribution in [0.15, 0.2) is 11.4 Å². The summed E-state index contributed by atoms with van der Waals surface area (Å²) in [5, 5.41) is 9.56. The van der Waals surface area contributed by atoms with Crippen molar-refractivity contribution in [3.63, 3.8) is 0 Å². The smallest absolute Gasteiger partial charge is 0.190 e. The summed E-state index contributed by atoms with van der Waals surface area (Å²) in [6.45, 7) is 6.12. The molecule has 2 aromatic rings. The van der Waals surface area contributed by atoms with Gasteiger partial charge in [-0.05, 0) is 38.9 Å². The average Bonchev–Trinajstić information content (AvgIpc) is 2.91. The van der Waals surface area contributed by atoms with Crippen molar-refractivity contribution in [1.29, 1.82) is 0 Å². The predicted molar refractivity (Wildman–Crippen MR) is 92.9 cm³/mol. The van der Waals surface area contributed by atoms with Gasteiger partial charge in [0.2, 0.25) is 0 Å². The minimum atomic E-state index is 0.668. The van der Waals surface area contributed by atoms with E-state index >= 15 is 0 Å². The van der Waals surface area contributed by atoms with Crippen LogP contribution in [0.1, 0.15) is 30.1 Å². The van der Waals surface area contributed by atoms with E-state index in [4.69, 9.17) is 0 Å². The SMILES string of the molecule is CSc1nnc(CC2CCN(c3nc(C)cnc3C)CC2)n1C. The highest BCUT2D eigenvalue weighted by atomic mass is 32.2. The van der Waals surface area contributed by atoms with Gasteiger partial charge in [0.25, 0.3) is 0 Å². The number of thioether (sulfide) groups is 1. The van der Waals surface area contributed by atoms with Gasteiger partial charge in [-0.25, -0.2) is 4.98 Å². The number of piperidine rings is 1. The van der Waals surface area contributed by atoms with E-state index in [-0.39, 0.29) is 0 Å². The molecule has 0 atom stereocenters. The summed E-state index contributed by atoms with van der Waals surface area (Å²) in [6, 6.07) is 0. The molecule has 124 valence electrons. The Balaban J connectivity index is 1.62. The first-order valence-electron chi connectivity index (χ1n) is 8.06. The highest BCUT2D eigenvalue weighted by Crippen LogP contribution is 2.26. The van der Waals surface area contributed by atoms with Gasteiger partial charge < -0.3 is 9.47 Å². The van der Waals surface area contributed by atoms with E-state index in [0.29, 0.717) is 5.92 Å². The van der Waals surface area contributed by atoms with Crippen molar-refractivity contribution < 1.29 is 0 Å². The summed E-state index contributed by atoms with van der Waals surface area (Å²) in [7, 11) is 2.06. The fourth-order valence-corrected chi connectivity index (χ4v) is 3.63. The van der Waals surface area contributed by atoms with Crippen LogP contribution in [-0.4, -0.2) is 44.1 Å². The molecule has 0 N–H and O–H groups in total. The second-order valence-electron chi connectivity index (χ2n) is 6.22. The quantitative estimate of drug-likeness (QED) is 0.801. The van der Waals surface area contributed by atoms with Crippen molar-refractivity contribution >= 4 is 17.6 Å². The normalized spacial score (nSPS) is 16.1. The third kappa shape index (κ3) is 3.49. The van der Waals surface area contributed by atoms with E-state index in [1.807, 2.05) is 26.3 Å². The molecule has 3 rings (SSSR count). The van der Waals surface area contributed by atoms with Gasteiger partial charge in [0.1, 0.15) is 11.6 Å². The van der Waals surface area contributed by atoms with E-state index in [2.05, 4.69) is 36.7 Å². The van der Waals surface area contributed by atoms with Gasteiger partial charge in [-0.2, -0.15) is 0 Å². The maximum Gasteiger partial charge on any atom is 0.190 e. The number of rotatable bonds is 4. The van der Waals surface area contributed by atoms with Crippen LogP contribution in [0.2, 0.25) is 0 Å². The van der Waals surface area contributed by atoms with E-state index < -0.39 is 0 Å². The number of aromatic nitrogens is 5. The first-order valence-corrected chi connectivity index (χ1v) is 9.28. The summed E-state index contributed by atoms with van der Waals surface area (Å²) in [5.41, 5.74) is 2.00. The Kier molecular flexibility index (Phi) is 4.84. The molecule has 1 fully saturated rings. The maximum atomic E-state index is 4.67. The van der Waals surface area contributed by atoms with Gasteiger partial charge in [0.15, 0.2) is 5.16 Å². The molecule has 7 heteroatoms. The van der Waals surface area contributed by atoms with Crippen LogP contribution >= 0.6 is 11.8 Å². The van der Waals surface area contributed by atoms with E-state index in [1.165, 1.54) is 0 Å². The molecular weight excluding hydrogens is 308 g/mol. The minimum Gasteiger partial charge on any atom is -0.355 e. The molecule has 2 aromatic heterocycles. The Hall–Kier alpha value is -1.63. The fourth-order valence-electron chi connectivity index (χ4n) is 3.13. The Morgan fingerprint density at radius 1 is 1.22 bits per heavy atom. The van der Waals surface area contributed by atoms with Crippen LogP contribution < -0.4 is 4.90 Å². The Labute approximate surface area is 141 Å². The lowest BCUT2D eigenvalue weighted by atomic mass is 9.93. The van der Waals surface area contributed by atoms with Crippen molar-refractivity contribution in [1.82, 2.24) is 24.7 Å². The summed E-state index contributed by atoms with van der Waals surface area (Å²) >= 11 is 1.64. The zero-order chi connectivity index (χ0) is 16.4. The average molecular weight is 332 g/mol. The lowest BCUT2D eigenvalue weighted by molar-refractivity contribution is 0.390. The lowest BCUT2D eigenvalue weighted by Crippen LogP contribution is -2.35. The summed E-state index contributed by atoms with van der Waals surface area (Å²) in [4.78, 5) is 11.5. The van der Waals surface area contributed by atoms with Crippen molar-refractivity contribution in [2.24, 2.45) is 13.0 Å². The highest BCUT2D eigenvalue weighted by molar-refractivity contribution is 7.98. The molecule has 0 amide bonds. The second-order valence-corrected chi connectivity index (χ2v) is 6.99. The van der Waals surface area contributed by atoms with Crippen molar-refractivity contribution in [2.75, 3.05) is 24.2 Å². The zero-order valence-electron chi connectivity index (χ0n) is 14.3. The van der Waals surface area contributed by atoms with Crippen LogP contribution in [0, 0.1) is 19.8 Å². The van der Waals surface area contributed by atoms with Gasteiger partial charge >= 0.3 is 0 Å². The Morgan fingerprint density at radius 3 is 2.61 bits per heavy atom. The molecule has 0 bridgehead atoms. The second kappa shape index (κ2) is 6.86. The first-order chi connectivity index (χ1) is 11.1. The van der Waals surface area contributed by atoms with Gasteiger partial charge in [0.05, 0.1) is 11.4 Å². The van der Waals surface area contributed by atoms with Crippen LogP contribution in [-0.2, 0) is 13.5 Å². The zero-order valence-corrected chi connectivity index (χ0v) is 15.1. The first kappa shape index (κ1) is 16.2. The fraction of sp³-hybridized carbons (Fsp3) is 0.625. The molecule has 0 aromatic carbocycles. The number of hydrogen-bond acceptors (Lipinski definition) is 6. The van der Waals surface area contributed by atoms with Crippen LogP contribution in [0.4, 0.5) is 5.82 Å². The monoisotopic (exact) mass is 332 g/mol. The summed E-state index contributed by atoms with van der Waals surface area (Å²) in [5.74, 6) is 2.81. The van der Waals surface area contributed by atoms with E-state index in [1.54, 1.807) is 11.8 Å². The van der Waals surface area contributed by atoms with Crippen molar-refractivity contribution in [3.05, 3.63) is 23.4 Å². The molecule has 0 spiro atoms. The number of aryl methyl sites for hydroxylation is 2. The molecule has 0 aliphatic carbocycles. The molecule has 23 heavy (non-hydrogen) atoms. The predicted octanol–water partition coefficient (Wildman–Crippen LogP) is 2.40. The Morgan fingerprint density at radius 2 is 1.96 bits per heavy atom. The Bertz CT molecular complexity index is 675. The molecular formula is C16H24N6S. The number of nitrogens with zero attached hydrogens (tertiary/aromatic N) is 6. The molecule has 0 saturated carbocycles. The molecule has 0 unspecified atom stereocenters. The minimum absolute atomic E-state index is 0.668. The van der Waals surface area contributed by atoms with E-state index in [0.717, 1.165) is 60.5 Å². The highest BCUT2D eigenvalue weighted by Gasteiger charge is 2.23. The van der Waals surface area contributed by atoms with Crippen LogP contribution in [0.5, 0.6) is 0 Å². The van der Waals surface area contributed by atoms with Crippen LogP contribution in [0.3, 0.4) is 0 Å². The van der Waals surface area contributed by atoms with Gasteiger partial charge in [-0.3, -0.25) is 4.98 Å². The molecule has 0 radical (unpaired) electrons. The van der Waals surface area contributed by atoms with Gasteiger partial charge in [0, 0.05) is 32.8 Å². The number of hydrogen-bond donors (Lipinski definition) is 0. The number of anilines is 1. The molecule has 3 heterocycles. The summed E-state index contributed by atoms with van der Waals surface area (Å²) < 4.78 is 2.12.